The minimum absolute atomic E-state index is 0.00805. The first-order valence-electron chi connectivity index (χ1n) is 9.32. The van der Waals surface area contributed by atoms with Crippen molar-refractivity contribution in [3.05, 3.63) is 71.3 Å². The summed E-state index contributed by atoms with van der Waals surface area (Å²) in [6, 6.07) is 20.9. The highest BCUT2D eigenvalue weighted by atomic mass is 16.2. The van der Waals surface area contributed by atoms with Gasteiger partial charge >= 0.3 is 6.03 Å². The van der Waals surface area contributed by atoms with Crippen molar-refractivity contribution in [1.82, 2.24) is 10.2 Å². The molecule has 0 aromatic heterocycles. The molecule has 1 heterocycles. The molecule has 2 aromatic carbocycles. The van der Waals surface area contributed by atoms with Gasteiger partial charge in [-0.25, -0.2) is 4.79 Å². The van der Waals surface area contributed by atoms with Crippen LogP contribution in [0.1, 0.15) is 42.0 Å². The molecule has 0 radical (unpaired) electrons. The second kappa shape index (κ2) is 6.84. The lowest BCUT2D eigenvalue weighted by molar-refractivity contribution is 0.168. The third-order valence-electron chi connectivity index (χ3n) is 5.88. The lowest BCUT2D eigenvalue weighted by Gasteiger charge is -2.38. The highest BCUT2D eigenvalue weighted by molar-refractivity contribution is 5.75. The molecule has 26 heavy (non-hydrogen) atoms. The van der Waals surface area contributed by atoms with Crippen molar-refractivity contribution in [2.75, 3.05) is 13.1 Å². The molecule has 0 bridgehead atoms. The number of amides is 2. The van der Waals surface area contributed by atoms with E-state index in [1.807, 2.05) is 41.3 Å². The van der Waals surface area contributed by atoms with E-state index in [0.717, 1.165) is 18.4 Å². The molecule has 4 heteroatoms. The monoisotopic (exact) mass is 345 g/mol. The summed E-state index contributed by atoms with van der Waals surface area (Å²) in [5.74, 6) is 0. The molecule has 0 spiro atoms. The molecular formula is C22H23N3O. The summed E-state index contributed by atoms with van der Waals surface area (Å²) in [7, 11) is 0. The van der Waals surface area contributed by atoms with Gasteiger partial charge in [-0.2, -0.15) is 5.26 Å². The predicted octanol–water partition coefficient (Wildman–Crippen LogP) is 3.94. The van der Waals surface area contributed by atoms with E-state index in [1.165, 1.54) is 11.1 Å². The van der Waals surface area contributed by atoms with Gasteiger partial charge in [0.1, 0.15) is 0 Å². The van der Waals surface area contributed by atoms with Gasteiger partial charge in [-0.1, -0.05) is 54.6 Å². The maximum absolute atomic E-state index is 12.7. The fraction of sp³-hybridized carbons (Fsp3) is 0.364. The van der Waals surface area contributed by atoms with Gasteiger partial charge < -0.3 is 10.2 Å². The third-order valence-corrected chi connectivity index (χ3v) is 5.88. The van der Waals surface area contributed by atoms with Gasteiger partial charge in [-0.3, -0.25) is 0 Å². The number of benzene rings is 2. The van der Waals surface area contributed by atoms with Crippen molar-refractivity contribution >= 4 is 6.03 Å². The zero-order chi connectivity index (χ0) is 18.0. The molecule has 1 saturated heterocycles. The number of nitrogens with one attached hydrogen (secondary N) is 1. The Kier molecular flexibility index (Phi) is 4.38. The minimum Gasteiger partial charge on any atom is -0.331 e. The van der Waals surface area contributed by atoms with E-state index < -0.39 is 5.41 Å². The molecule has 1 aliphatic heterocycles. The second-order valence-corrected chi connectivity index (χ2v) is 7.29. The maximum atomic E-state index is 12.7. The second-order valence-electron chi connectivity index (χ2n) is 7.29. The van der Waals surface area contributed by atoms with Crippen LogP contribution in [0.25, 0.3) is 0 Å². The van der Waals surface area contributed by atoms with Gasteiger partial charge in [0.2, 0.25) is 0 Å². The highest BCUT2D eigenvalue weighted by Gasteiger charge is 2.38. The topological polar surface area (TPSA) is 56.1 Å². The van der Waals surface area contributed by atoms with E-state index >= 15 is 0 Å². The summed E-state index contributed by atoms with van der Waals surface area (Å²) in [6.07, 6.45) is 3.35. The number of carbonyl (C=O) groups excluding carboxylic acids is 1. The van der Waals surface area contributed by atoms with Crippen LogP contribution in [0, 0.1) is 11.3 Å². The fourth-order valence-electron chi connectivity index (χ4n) is 4.26. The Morgan fingerprint density at radius 2 is 1.77 bits per heavy atom. The van der Waals surface area contributed by atoms with Crippen LogP contribution in [0.4, 0.5) is 4.79 Å². The number of aryl methyl sites for hydroxylation is 1. The molecule has 1 atom stereocenters. The van der Waals surface area contributed by atoms with Crippen molar-refractivity contribution in [2.24, 2.45) is 0 Å². The summed E-state index contributed by atoms with van der Waals surface area (Å²) in [5, 5.41) is 13.0. The van der Waals surface area contributed by atoms with E-state index in [4.69, 9.17) is 0 Å². The molecule has 2 aliphatic rings. The number of rotatable bonds is 2. The summed E-state index contributed by atoms with van der Waals surface area (Å²) in [4.78, 5) is 14.6. The number of likely N-dealkylation sites (tertiary alicyclic amines) is 1. The maximum Gasteiger partial charge on any atom is 0.317 e. The van der Waals surface area contributed by atoms with Crippen LogP contribution in [0.15, 0.2) is 54.6 Å². The number of urea groups is 1. The Morgan fingerprint density at radius 3 is 2.50 bits per heavy atom. The molecule has 0 saturated carbocycles. The number of nitriles is 1. The lowest BCUT2D eigenvalue weighted by Crippen LogP contribution is -2.48. The quantitative estimate of drug-likeness (QED) is 0.896. The van der Waals surface area contributed by atoms with Crippen molar-refractivity contribution in [3.63, 3.8) is 0 Å². The molecular weight excluding hydrogens is 322 g/mol. The first-order chi connectivity index (χ1) is 12.7. The predicted molar refractivity (Wildman–Crippen MR) is 101 cm³/mol. The molecule has 1 aliphatic carbocycles. The number of hydrogen-bond acceptors (Lipinski definition) is 2. The average Bonchev–Trinajstić information content (AvgIpc) is 3.11. The van der Waals surface area contributed by atoms with Crippen LogP contribution < -0.4 is 5.32 Å². The zero-order valence-electron chi connectivity index (χ0n) is 14.8. The molecule has 2 aromatic rings. The van der Waals surface area contributed by atoms with Crippen molar-refractivity contribution in [1.29, 1.82) is 5.26 Å². The van der Waals surface area contributed by atoms with Crippen LogP contribution in [0.3, 0.4) is 0 Å². The molecule has 4 nitrogen and oxygen atoms in total. The summed E-state index contributed by atoms with van der Waals surface area (Å²) in [6.45, 7) is 1.23. The smallest absolute Gasteiger partial charge is 0.317 e. The molecule has 132 valence electrons. The zero-order valence-corrected chi connectivity index (χ0v) is 14.8. The fourth-order valence-corrected chi connectivity index (χ4v) is 4.26. The average molecular weight is 345 g/mol. The number of piperidine rings is 1. The Hall–Kier alpha value is -2.80. The Bertz CT molecular complexity index is 832. The Labute approximate surface area is 154 Å². The van der Waals surface area contributed by atoms with Crippen LogP contribution in [0.5, 0.6) is 0 Å². The number of carbonyl (C=O) groups is 1. The van der Waals surface area contributed by atoms with Gasteiger partial charge in [0.05, 0.1) is 17.5 Å². The van der Waals surface area contributed by atoms with Crippen molar-refractivity contribution in [2.45, 2.75) is 37.1 Å². The van der Waals surface area contributed by atoms with Crippen molar-refractivity contribution < 1.29 is 4.79 Å². The van der Waals surface area contributed by atoms with Crippen LogP contribution in [0.2, 0.25) is 0 Å². The molecule has 1 unspecified atom stereocenters. The number of nitrogens with zero attached hydrogens (tertiary/aromatic N) is 2. The van der Waals surface area contributed by atoms with Gasteiger partial charge in [0.25, 0.3) is 0 Å². The standard InChI is InChI=1S/C22H23N3O/c23-16-22(18-7-2-1-3-8-18)12-14-25(15-13-22)21(26)24-20-11-10-17-6-4-5-9-19(17)20/h1-9,20H,10-15H2,(H,24,26). The van der Waals surface area contributed by atoms with E-state index in [1.54, 1.807) is 0 Å². The van der Waals surface area contributed by atoms with E-state index in [2.05, 4.69) is 29.6 Å². The molecule has 1 fully saturated rings. The summed E-state index contributed by atoms with van der Waals surface area (Å²) < 4.78 is 0. The first-order valence-corrected chi connectivity index (χ1v) is 9.32. The van der Waals surface area contributed by atoms with E-state index in [9.17, 15) is 10.1 Å². The number of fused-ring (bicyclic) bond motifs is 1. The SMILES string of the molecule is N#CC1(c2ccccc2)CCN(C(=O)NC2CCc3ccccc32)CC1. The van der Waals surface area contributed by atoms with E-state index in [0.29, 0.717) is 25.9 Å². The highest BCUT2D eigenvalue weighted by Crippen LogP contribution is 2.35. The van der Waals surface area contributed by atoms with Crippen LogP contribution >= 0.6 is 0 Å². The first kappa shape index (κ1) is 16.7. The van der Waals surface area contributed by atoms with Gasteiger partial charge in [-0.15, -0.1) is 0 Å². The summed E-state index contributed by atoms with van der Waals surface area (Å²) in [5.41, 5.74) is 3.17. The molecule has 1 N–H and O–H groups in total. The van der Waals surface area contributed by atoms with Gasteiger partial charge in [-0.05, 0) is 42.4 Å². The molecule has 4 rings (SSSR count). The van der Waals surface area contributed by atoms with Gasteiger partial charge in [0, 0.05) is 13.1 Å². The van der Waals surface area contributed by atoms with Crippen LogP contribution in [-0.4, -0.2) is 24.0 Å². The van der Waals surface area contributed by atoms with E-state index in [-0.39, 0.29) is 12.1 Å². The Balaban J connectivity index is 1.41. The minimum atomic E-state index is -0.474. The Morgan fingerprint density at radius 1 is 1.08 bits per heavy atom. The van der Waals surface area contributed by atoms with Gasteiger partial charge in [0.15, 0.2) is 0 Å². The van der Waals surface area contributed by atoms with Crippen molar-refractivity contribution in [3.8, 4) is 6.07 Å². The number of hydrogen-bond donors (Lipinski definition) is 1. The normalized spacial score (nSPS) is 20.9. The molecule has 2 amide bonds. The largest absolute Gasteiger partial charge is 0.331 e. The lowest BCUT2D eigenvalue weighted by atomic mass is 9.74. The summed E-state index contributed by atoms with van der Waals surface area (Å²) >= 11 is 0. The third kappa shape index (κ3) is 2.94. The van der Waals surface area contributed by atoms with Crippen LogP contribution in [-0.2, 0) is 11.8 Å².